The van der Waals surface area contributed by atoms with Crippen LogP contribution in [-0.2, 0) is 9.53 Å². The fourth-order valence-corrected chi connectivity index (χ4v) is 5.59. The molecule has 1 unspecified atom stereocenters. The Balaban J connectivity index is 1.48. The van der Waals surface area contributed by atoms with E-state index in [-0.39, 0.29) is 60.2 Å². The third kappa shape index (κ3) is 8.52. The summed E-state index contributed by atoms with van der Waals surface area (Å²) in [7, 11) is 3.83. The van der Waals surface area contributed by atoms with E-state index in [9.17, 15) is 34.6 Å². The number of nitrogens with zero attached hydrogens (tertiary/aromatic N) is 4. The molecule has 0 saturated carbocycles. The van der Waals surface area contributed by atoms with Crippen LogP contribution in [0.5, 0.6) is 23.0 Å². The van der Waals surface area contributed by atoms with E-state index < -0.39 is 45.0 Å². The number of methoxy groups -OCH3 is 3. The molecule has 0 bridgehead atoms. The van der Waals surface area contributed by atoms with Crippen molar-refractivity contribution in [1.82, 2.24) is 9.80 Å². The van der Waals surface area contributed by atoms with Gasteiger partial charge in [0.15, 0.2) is 23.0 Å². The van der Waals surface area contributed by atoms with Gasteiger partial charge in [-0.05, 0) is 31.4 Å². The van der Waals surface area contributed by atoms with Crippen molar-refractivity contribution in [3.05, 3.63) is 103 Å². The van der Waals surface area contributed by atoms with E-state index in [2.05, 4.69) is 0 Å². The molecule has 1 atom stereocenters. The van der Waals surface area contributed by atoms with Gasteiger partial charge >= 0.3 is 5.97 Å². The third-order valence-corrected chi connectivity index (χ3v) is 7.98. The number of benzene rings is 2. The monoisotopic (exact) mass is 706 g/mol. The van der Waals surface area contributed by atoms with Gasteiger partial charge in [-0.25, -0.2) is 4.79 Å². The zero-order valence-electron chi connectivity index (χ0n) is 28.8. The number of carbonyl (C=O) groups excluding carboxylic acids is 3. The highest BCUT2D eigenvalue weighted by Crippen LogP contribution is 2.38. The van der Waals surface area contributed by atoms with Crippen molar-refractivity contribution in [2.75, 3.05) is 41.1 Å². The summed E-state index contributed by atoms with van der Waals surface area (Å²) in [4.78, 5) is 64.4. The van der Waals surface area contributed by atoms with Crippen molar-refractivity contribution >= 4 is 29.2 Å². The van der Waals surface area contributed by atoms with Gasteiger partial charge < -0.3 is 28.6 Å². The average molecular weight is 707 g/mol. The lowest BCUT2D eigenvalue weighted by Crippen LogP contribution is -2.39. The van der Waals surface area contributed by atoms with E-state index in [4.69, 9.17) is 23.7 Å². The summed E-state index contributed by atoms with van der Waals surface area (Å²) in [5.41, 5.74) is 0.0824. The topological polar surface area (TPSA) is 190 Å². The minimum Gasteiger partial charge on any atom is -0.493 e. The summed E-state index contributed by atoms with van der Waals surface area (Å²) < 4.78 is 27.1. The Morgan fingerprint density at radius 1 is 0.784 bits per heavy atom. The zero-order valence-corrected chi connectivity index (χ0v) is 28.8. The summed E-state index contributed by atoms with van der Waals surface area (Å²) in [6, 6.07) is 3.63. The number of esters is 1. The van der Waals surface area contributed by atoms with E-state index in [0.717, 1.165) is 22.6 Å². The molecule has 2 aromatic rings. The number of rotatable bonds is 15. The van der Waals surface area contributed by atoms with Crippen molar-refractivity contribution in [3.63, 3.8) is 0 Å². The Morgan fingerprint density at radius 3 is 1.80 bits per heavy atom. The van der Waals surface area contributed by atoms with Gasteiger partial charge in [-0.2, -0.15) is 0 Å². The number of allylic oxidation sites excluding steroid dienone is 4. The number of nitro groups is 2. The van der Waals surface area contributed by atoms with Gasteiger partial charge in [-0.3, -0.25) is 34.7 Å². The summed E-state index contributed by atoms with van der Waals surface area (Å²) in [6.45, 7) is 3.95. The van der Waals surface area contributed by atoms with Gasteiger partial charge in [0.05, 0.1) is 56.5 Å². The largest absolute Gasteiger partial charge is 0.493 e. The normalized spacial score (nSPS) is 15.5. The summed E-state index contributed by atoms with van der Waals surface area (Å²) in [5.74, 6) is -1.89. The quantitative estimate of drug-likeness (QED) is 0.0977. The molecule has 0 fully saturated rings. The van der Waals surface area contributed by atoms with Crippen molar-refractivity contribution in [2.24, 2.45) is 0 Å². The Bertz CT molecular complexity index is 1830. The molecule has 2 heterocycles. The lowest BCUT2D eigenvalue weighted by Gasteiger charge is -2.22. The molecular weight excluding hydrogens is 668 g/mol. The van der Waals surface area contributed by atoms with Crippen LogP contribution in [0, 0.1) is 20.2 Å². The maximum absolute atomic E-state index is 13.6. The molecular formula is C35H38N4O12. The number of amides is 2. The first-order valence-electron chi connectivity index (χ1n) is 15.8. The Kier molecular flexibility index (Phi) is 12.5. The van der Waals surface area contributed by atoms with Crippen LogP contribution in [0.2, 0.25) is 0 Å². The molecule has 0 radical (unpaired) electrons. The molecule has 16 nitrogen and oxygen atoms in total. The molecule has 0 aromatic heterocycles. The van der Waals surface area contributed by atoms with Crippen LogP contribution in [0.15, 0.2) is 72.1 Å². The smallest absolute Gasteiger partial charge is 0.329 e. The first kappa shape index (κ1) is 37.6. The lowest BCUT2D eigenvalue weighted by molar-refractivity contribution is -0.385. The molecule has 0 saturated heterocycles. The van der Waals surface area contributed by atoms with Gasteiger partial charge in [0.25, 0.3) is 23.2 Å². The highest BCUT2D eigenvalue weighted by molar-refractivity contribution is 6.02. The van der Waals surface area contributed by atoms with Crippen LogP contribution in [0.3, 0.4) is 0 Å². The highest BCUT2D eigenvalue weighted by Gasteiger charge is 2.38. The van der Waals surface area contributed by atoms with Crippen molar-refractivity contribution in [2.45, 2.75) is 39.2 Å². The fraction of sp³-hybridized carbons (Fsp3) is 0.343. The Labute approximate surface area is 293 Å². The molecule has 0 N–H and O–H groups in total. The lowest BCUT2D eigenvalue weighted by atomic mass is 10.1. The number of hydrogen-bond acceptors (Lipinski definition) is 12. The van der Waals surface area contributed by atoms with Crippen LogP contribution in [-0.4, -0.2) is 84.6 Å². The minimum atomic E-state index is -1.01. The van der Waals surface area contributed by atoms with E-state index in [0.29, 0.717) is 18.5 Å². The first-order valence-corrected chi connectivity index (χ1v) is 15.8. The van der Waals surface area contributed by atoms with Crippen molar-refractivity contribution < 1.29 is 47.9 Å². The Morgan fingerprint density at radius 2 is 1.31 bits per heavy atom. The standard InChI is InChI=1S/C35H38N4O12/c1-6-9-22-11-12-36(20-22)33(40)24-16-29(47-3)31(18-26(24)38(43)44)50-13-8-14-51-32-19-27(39(45)46)25(17-30(32)48-4)34(41)37-21-23(10-7-2)15-28(37)35(42)49-5/h6-7,9-10,16-21,28H,8,11-15H2,1-5H3/b9-6+,10-7+. The van der Waals surface area contributed by atoms with Crippen LogP contribution in [0.1, 0.15) is 53.8 Å². The van der Waals surface area contributed by atoms with Crippen LogP contribution in [0.4, 0.5) is 11.4 Å². The Hall–Kier alpha value is -6.19. The van der Waals surface area contributed by atoms with Crippen molar-refractivity contribution in [1.29, 1.82) is 0 Å². The minimum absolute atomic E-state index is 0.0197. The number of nitro benzene ring substituents is 2. The van der Waals surface area contributed by atoms with Gasteiger partial charge in [0.2, 0.25) is 0 Å². The molecule has 2 aromatic carbocycles. The molecule has 4 rings (SSSR count). The van der Waals surface area contributed by atoms with E-state index in [1.165, 1.54) is 44.6 Å². The number of carbonyl (C=O) groups is 3. The predicted octanol–water partition coefficient (Wildman–Crippen LogP) is 5.52. The molecule has 2 aliphatic heterocycles. The molecule has 0 spiro atoms. The molecule has 270 valence electrons. The maximum Gasteiger partial charge on any atom is 0.329 e. The molecule has 2 amide bonds. The van der Waals surface area contributed by atoms with E-state index in [1.54, 1.807) is 25.3 Å². The zero-order chi connectivity index (χ0) is 37.2. The average Bonchev–Trinajstić information content (AvgIpc) is 3.77. The van der Waals surface area contributed by atoms with E-state index in [1.807, 2.05) is 19.1 Å². The predicted molar refractivity (Wildman–Crippen MR) is 183 cm³/mol. The van der Waals surface area contributed by atoms with E-state index >= 15 is 0 Å². The fourth-order valence-electron chi connectivity index (χ4n) is 5.59. The maximum atomic E-state index is 13.6. The van der Waals surface area contributed by atoms with Gasteiger partial charge in [0.1, 0.15) is 17.2 Å². The van der Waals surface area contributed by atoms with Crippen LogP contribution < -0.4 is 18.9 Å². The van der Waals surface area contributed by atoms with Gasteiger partial charge in [-0.1, -0.05) is 24.3 Å². The SMILES string of the molecule is C/C=C/C1=CN(C(=O)c2cc(OC)c(OCCCOc3cc([N+](=O)[O-])c(C(=O)N4C=C(/C=C/C)CC4C(=O)OC)cc3OC)cc2[N+](=O)[O-])CC1. The molecule has 16 heteroatoms. The summed E-state index contributed by atoms with van der Waals surface area (Å²) in [6.07, 6.45) is 11.3. The third-order valence-electron chi connectivity index (χ3n) is 7.98. The van der Waals surface area contributed by atoms with Crippen molar-refractivity contribution in [3.8, 4) is 23.0 Å². The second-order valence-corrected chi connectivity index (χ2v) is 11.2. The number of ether oxygens (including phenoxy) is 5. The second-order valence-electron chi connectivity index (χ2n) is 11.2. The van der Waals surface area contributed by atoms with Crippen LogP contribution >= 0.6 is 0 Å². The molecule has 0 aliphatic carbocycles. The van der Waals surface area contributed by atoms with Gasteiger partial charge in [0, 0.05) is 43.9 Å². The van der Waals surface area contributed by atoms with Gasteiger partial charge in [-0.15, -0.1) is 0 Å². The first-order chi connectivity index (χ1) is 24.5. The molecule has 2 aliphatic rings. The summed E-state index contributed by atoms with van der Waals surface area (Å²) in [5, 5.41) is 24.0. The van der Waals surface area contributed by atoms with Crippen LogP contribution in [0.25, 0.3) is 0 Å². The molecule has 51 heavy (non-hydrogen) atoms. The second kappa shape index (κ2) is 17.0. The summed E-state index contributed by atoms with van der Waals surface area (Å²) >= 11 is 0. The highest BCUT2D eigenvalue weighted by atomic mass is 16.6. The number of hydrogen-bond donors (Lipinski definition) is 0.